The van der Waals surface area contributed by atoms with E-state index < -0.39 is 5.82 Å². The first-order chi connectivity index (χ1) is 12.2. The van der Waals surface area contributed by atoms with Gasteiger partial charge in [0.05, 0.1) is 0 Å². The third-order valence-corrected chi connectivity index (χ3v) is 4.87. The molecule has 1 aliphatic rings. The van der Waals surface area contributed by atoms with Gasteiger partial charge in [-0.25, -0.2) is 14.4 Å². The number of pyridine rings is 2. The van der Waals surface area contributed by atoms with E-state index in [9.17, 15) is 4.39 Å². The molecule has 130 valence electrons. The topological polar surface area (TPSA) is 83.7 Å². The summed E-state index contributed by atoms with van der Waals surface area (Å²) in [5.41, 5.74) is 7.60. The number of hydrogen-bond donors (Lipinski definition) is 2. The molecule has 4 heterocycles. The smallest absolute Gasteiger partial charge is 0.155 e. The van der Waals surface area contributed by atoms with Crippen LogP contribution >= 0.6 is 0 Å². The highest BCUT2D eigenvalue weighted by Gasteiger charge is 2.30. The second kappa shape index (κ2) is 6.40. The Hall–Kier alpha value is -2.54. The van der Waals surface area contributed by atoms with E-state index in [1.54, 1.807) is 18.3 Å². The SMILES string of the molecule is CCC[C@@H]1CN(c2ccc(F)c(-c3n[nH]c4ncccc34)n2)C[C@@H]1N. The maximum absolute atomic E-state index is 14.4. The fraction of sp³-hybridized carbons (Fsp3) is 0.389. The van der Waals surface area contributed by atoms with Crippen molar-refractivity contribution >= 4 is 16.9 Å². The lowest BCUT2D eigenvalue weighted by molar-refractivity contribution is 0.472. The maximum Gasteiger partial charge on any atom is 0.155 e. The summed E-state index contributed by atoms with van der Waals surface area (Å²) >= 11 is 0. The summed E-state index contributed by atoms with van der Waals surface area (Å²) in [5.74, 6) is 0.802. The summed E-state index contributed by atoms with van der Waals surface area (Å²) < 4.78 is 14.4. The molecule has 1 aliphatic heterocycles. The Morgan fingerprint density at radius 3 is 3.00 bits per heavy atom. The van der Waals surface area contributed by atoms with Crippen molar-refractivity contribution in [3.05, 3.63) is 36.3 Å². The third-order valence-electron chi connectivity index (χ3n) is 4.87. The van der Waals surface area contributed by atoms with E-state index in [0.29, 0.717) is 17.3 Å². The Kier molecular flexibility index (Phi) is 4.09. The average molecular weight is 340 g/mol. The van der Waals surface area contributed by atoms with Gasteiger partial charge in [-0.05, 0) is 36.6 Å². The zero-order valence-corrected chi connectivity index (χ0v) is 14.1. The molecule has 0 amide bonds. The molecule has 0 bridgehead atoms. The van der Waals surface area contributed by atoms with E-state index in [2.05, 4.69) is 32.0 Å². The molecule has 0 radical (unpaired) electrons. The van der Waals surface area contributed by atoms with Crippen molar-refractivity contribution in [2.24, 2.45) is 11.7 Å². The average Bonchev–Trinajstić information content (AvgIpc) is 3.20. The number of halogens is 1. The number of anilines is 1. The van der Waals surface area contributed by atoms with Crippen LogP contribution in [0.5, 0.6) is 0 Å². The lowest BCUT2D eigenvalue weighted by atomic mass is 9.99. The van der Waals surface area contributed by atoms with Gasteiger partial charge in [-0.15, -0.1) is 0 Å². The van der Waals surface area contributed by atoms with Crippen LogP contribution < -0.4 is 10.6 Å². The largest absolute Gasteiger partial charge is 0.355 e. The molecular formula is C18H21FN6. The molecule has 2 atom stereocenters. The highest BCUT2D eigenvalue weighted by molar-refractivity contribution is 5.89. The van der Waals surface area contributed by atoms with Gasteiger partial charge >= 0.3 is 0 Å². The zero-order valence-electron chi connectivity index (χ0n) is 14.1. The molecule has 1 fully saturated rings. The van der Waals surface area contributed by atoms with E-state index in [1.807, 2.05) is 6.07 Å². The van der Waals surface area contributed by atoms with Gasteiger partial charge in [-0.1, -0.05) is 13.3 Å². The predicted molar refractivity (Wildman–Crippen MR) is 95.7 cm³/mol. The molecule has 3 aromatic heterocycles. The number of nitrogens with one attached hydrogen (secondary N) is 1. The molecule has 7 heteroatoms. The van der Waals surface area contributed by atoms with Crippen LogP contribution in [-0.2, 0) is 0 Å². The fourth-order valence-corrected chi connectivity index (χ4v) is 3.57. The Balaban J connectivity index is 1.70. The lowest BCUT2D eigenvalue weighted by Gasteiger charge is -2.18. The van der Waals surface area contributed by atoms with Crippen LogP contribution in [0.25, 0.3) is 22.4 Å². The number of H-pyrrole nitrogens is 1. The first-order valence-corrected chi connectivity index (χ1v) is 8.64. The standard InChI is InChI=1S/C18H21FN6/c1-2-4-11-9-25(10-14(11)20)15-7-6-13(19)17(22-15)16-12-5-3-8-21-18(12)24-23-16/h3,5-8,11,14H,2,4,9-10,20H2,1H3,(H,21,23,24)/t11-,14+/m1/s1. The highest BCUT2D eigenvalue weighted by atomic mass is 19.1. The van der Waals surface area contributed by atoms with Gasteiger partial charge in [0.2, 0.25) is 0 Å². The molecule has 0 saturated carbocycles. The first kappa shape index (κ1) is 16.0. The van der Waals surface area contributed by atoms with Crippen LogP contribution in [0.3, 0.4) is 0 Å². The number of hydrogen-bond acceptors (Lipinski definition) is 5. The molecule has 6 nitrogen and oxygen atoms in total. The summed E-state index contributed by atoms with van der Waals surface area (Å²) in [5, 5.41) is 7.81. The van der Waals surface area contributed by atoms with Crippen molar-refractivity contribution in [2.45, 2.75) is 25.8 Å². The molecular weight excluding hydrogens is 319 g/mol. The monoisotopic (exact) mass is 340 g/mol. The van der Waals surface area contributed by atoms with Gasteiger partial charge in [0.15, 0.2) is 11.5 Å². The van der Waals surface area contributed by atoms with Crippen LogP contribution in [0.1, 0.15) is 19.8 Å². The molecule has 3 aromatic rings. The molecule has 3 N–H and O–H groups in total. The highest BCUT2D eigenvalue weighted by Crippen LogP contribution is 2.30. The number of nitrogens with two attached hydrogens (primary N) is 1. The lowest BCUT2D eigenvalue weighted by Crippen LogP contribution is -2.29. The molecule has 0 spiro atoms. The Morgan fingerprint density at radius 2 is 2.16 bits per heavy atom. The van der Waals surface area contributed by atoms with Gasteiger partial charge in [0, 0.05) is 30.7 Å². The maximum atomic E-state index is 14.4. The number of aromatic amines is 1. The van der Waals surface area contributed by atoms with E-state index in [4.69, 9.17) is 5.73 Å². The molecule has 25 heavy (non-hydrogen) atoms. The minimum Gasteiger partial charge on any atom is -0.355 e. The summed E-state index contributed by atoms with van der Waals surface area (Å²) in [7, 11) is 0. The number of aromatic nitrogens is 4. The summed E-state index contributed by atoms with van der Waals surface area (Å²) in [6.07, 6.45) is 3.88. The van der Waals surface area contributed by atoms with Crippen LogP contribution in [0.15, 0.2) is 30.5 Å². The van der Waals surface area contributed by atoms with E-state index >= 15 is 0 Å². The minimum atomic E-state index is -0.394. The van der Waals surface area contributed by atoms with Crippen molar-refractivity contribution < 1.29 is 4.39 Å². The Labute approximate surface area is 145 Å². The van der Waals surface area contributed by atoms with Crippen LogP contribution in [-0.4, -0.2) is 39.3 Å². The van der Waals surface area contributed by atoms with Crippen LogP contribution in [0.2, 0.25) is 0 Å². The minimum absolute atomic E-state index is 0.130. The van der Waals surface area contributed by atoms with Gasteiger partial charge in [0.1, 0.15) is 17.2 Å². The van der Waals surface area contributed by atoms with Crippen molar-refractivity contribution in [3.63, 3.8) is 0 Å². The summed E-state index contributed by atoms with van der Waals surface area (Å²) in [6.45, 7) is 3.77. The van der Waals surface area contributed by atoms with Gasteiger partial charge in [-0.2, -0.15) is 5.10 Å². The summed E-state index contributed by atoms with van der Waals surface area (Å²) in [6, 6.07) is 6.96. The van der Waals surface area contributed by atoms with E-state index in [0.717, 1.165) is 37.1 Å². The van der Waals surface area contributed by atoms with Crippen molar-refractivity contribution in [3.8, 4) is 11.4 Å². The van der Waals surface area contributed by atoms with Crippen molar-refractivity contribution in [1.82, 2.24) is 20.2 Å². The molecule has 4 rings (SSSR count). The van der Waals surface area contributed by atoms with Gasteiger partial charge in [-0.3, -0.25) is 5.10 Å². The van der Waals surface area contributed by atoms with Crippen LogP contribution in [0.4, 0.5) is 10.2 Å². The molecule has 0 unspecified atom stereocenters. The van der Waals surface area contributed by atoms with Crippen molar-refractivity contribution in [2.75, 3.05) is 18.0 Å². The third kappa shape index (κ3) is 2.84. The van der Waals surface area contributed by atoms with Gasteiger partial charge < -0.3 is 10.6 Å². The first-order valence-electron chi connectivity index (χ1n) is 8.64. The second-order valence-electron chi connectivity index (χ2n) is 6.59. The number of fused-ring (bicyclic) bond motifs is 1. The normalized spacial score (nSPS) is 20.5. The zero-order chi connectivity index (χ0) is 17.4. The van der Waals surface area contributed by atoms with Crippen molar-refractivity contribution in [1.29, 1.82) is 0 Å². The molecule has 0 aromatic carbocycles. The quantitative estimate of drug-likeness (QED) is 0.763. The van der Waals surface area contributed by atoms with E-state index in [-0.39, 0.29) is 11.7 Å². The summed E-state index contributed by atoms with van der Waals surface area (Å²) in [4.78, 5) is 10.9. The van der Waals surface area contributed by atoms with Gasteiger partial charge in [0.25, 0.3) is 0 Å². The van der Waals surface area contributed by atoms with Crippen LogP contribution in [0, 0.1) is 11.7 Å². The number of rotatable bonds is 4. The molecule has 0 aliphatic carbocycles. The second-order valence-corrected chi connectivity index (χ2v) is 6.59. The number of nitrogens with zero attached hydrogens (tertiary/aromatic N) is 4. The Morgan fingerprint density at radius 1 is 1.28 bits per heavy atom. The predicted octanol–water partition coefficient (Wildman–Crippen LogP) is 2.72. The Bertz CT molecular complexity index is 892. The fourth-order valence-electron chi connectivity index (χ4n) is 3.57. The van der Waals surface area contributed by atoms with E-state index in [1.165, 1.54) is 6.07 Å². The molecule has 1 saturated heterocycles.